The Morgan fingerprint density at radius 2 is 1.93 bits per heavy atom. The molecule has 3 fully saturated rings. The van der Waals surface area contributed by atoms with Crippen molar-refractivity contribution in [3.8, 4) is 17.2 Å². The van der Waals surface area contributed by atoms with Crippen LogP contribution in [0, 0.1) is 34.9 Å². The number of rotatable bonds is 6. The molecule has 6 nitrogen and oxygen atoms in total. The van der Waals surface area contributed by atoms with Gasteiger partial charge in [0.05, 0.1) is 12.5 Å². The molecule has 2 aromatic carbocycles. The van der Waals surface area contributed by atoms with Crippen LogP contribution in [0.4, 0.5) is 4.39 Å². The van der Waals surface area contributed by atoms with Gasteiger partial charge in [-0.3, -0.25) is 4.79 Å². The Morgan fingerprint density at radius 3 is 2.78 bits per heavy atom. The molecule has 3 heterocycles. The van der Waals surface area contributed by atoms with Gasteiger partial charge in [-0.05, 0) is 79.3 Å². The number of likely N-dealkylation sites (tertiary alicyclic amines) is 1. The number of carbonyl (C=O) groups excluding carboxylic acids is 1. The third-order valence-corrected chi connectivity index (χ3v) is 10.5. The topological polar surface area (TPSA) is 57.2 Å². The van der Waals surface area contributed by atoms with Crippen molar-refractivity contribution in [2.45, 2.75) is 58.0 Å². The second-order valence-corrected chi connectivity index (χ2v) is 13.1. The largest absolute Gasteiger partial charge is 0.493 e. The number of halogens is 1. The number of fused-ring (bicyclic) bond motifs is 3. The highest BCUT2D eigenvalue weighted by Gasteiger charge is 2.52. The monoisotopic (exact) mass is 561 g/mol. The fraction of sp³-hybridized carbons (Fsp3) is 0.559. The van der Waals surface area contributed by atoms with Gasteiger partial charge in [0.25, 0.3) is 0 Å². The number of piperidine rings is 1. The fourth-order valence-electron chi connectivity index (χ4n) is 8.30. The van der Waals surface area contributed by atoms with Gasteiger partial charge in [0.2, 0.25) is 6.79 Å². The average molecular weight is 562 g/mol. The molecule has 218 valence electrons. The SMILES string of the molecule is C[C@H]1CCC[C@]2(C)C[C@H]3OC(=O)[C@H](CN4CC[C@@H](c5ccc(F)cc5)[C@@H](COc5ccc6c(c5)OCO6)C4)[C@H]3C=C12. The number of carbonyl (C=O) groups is 1. The van der Waals surface area contributed by atoms with E-state index in [0.717, 1.165) is 43.0 Å². The minimum absolute atomic E-state index is 0.00607. The first-order valence-corrected chi connectivity index (χ1v) is 15.3. The minimum Gasteiger partial charge on any atom is -0.493 e. The van der Waals surface area contributed by atoms with Crippen LogP contribution in [0.5, 0.6) is 17.2 Å². The number of allylic oxidation sites excluding steroid dienone is 1. The van der Waals surface area contributed by atoms with Crippen LogP contribution in [-0.4, -0.2) is 50.0 Å². The molecule has 0 bridgehead atoms. The van der Waals surface area contributed by atoms with E-state index in [4.69, 9.17) is 18.9 Å². The molecule has 2 aromatic rings. The summed E-state index contributed by atoms with van der Waals surface area (Å²) in [6.45, 7) is 7.85. The molecule has 0 unspecified atom stereocenters. The highest BCUT2D eigenvalue weighted by Crippen LogP contribution is 2.54. The molecule has 0 spiro atoms. The molecule has 0 amide bonds. The molecule has 0 aromatic heterocycles. The van der Waals surface area contributed by atoms with Gasteiger partial charge in [0.15, 0.2) is 11.5 Å². The second-order valence-electron chi connectivity index (χ2n) is 13.1. The van der Waals surface area contributed by atoms with Gasteiger partial charge in [0.1, 0.15) is 17.7 Å². The third-order valence-electron chi connectivity index (χ3n) is 10.5. The Balaban J connectivity index is 1.08. The molecule has 1 saturated carbocycles. The van der Waals surface area contributed by atoms with Crippen LogP contribution in [0.15, 0.2) is 54.1 Å². The quantitative estimate of drug-likeness (QED) is 0.303. The van der Waals surface area contributed by atoms with Crippen LogP contribution in [0.25, 0.3) is 0 Å². The van der Waals surface area contributed by atoms with E-state index < -0.39 is 0 Å². The first-order chi connectivity index (χ1) is 19.9. The zero-order chi connectivity index (χ0) is 28.1. The summed E-state index contributed by atoms with van der Waals surface area (Å²) in [5.41, 5.74) is 2.85. The maximum absolute atomic E-state index is 13.7. The molecule has 7 atom stereocenters. The van der Waals surface area contributed by atoms with Gasteiger partial charge < -0.3 is 23.8 Å². The fourth-order valence-corrected chi connectivity index (χ4v) is 8.30. The van der Waals surface area contributed by atoms with E-state index in [-0.39, 0.29) is 53.8 Å². The lowest BCUT2D eigenvalue weighted by Gasteiger charge is -2.46. The van der Waals surface area contributed by atoms with Crippen molar-refractivity contribution < 1.29 is 28.1 Å². The third kappa shape index (κ3) is 5.11. The maximum atomic E-state index is 13.7. The van der Waals surface area contributed by atoms with Crippen LogP contribution in [0.1, 0.15) is 57.4 Å². The first kappa shape index (κ1) is 26.8. The highest BCUT2D eigenvalue weighted by molar-refractivity contribution is 5.76. The summed E-state index contributed by atoms with van der Waals surface area (Å²) in [7, 11) is 0. The zero-order valence-corrected chi connectivity index (χ0v) is 24.0. The number of nitrogens with zero attached hydrogens (tertiary/aromatic N) is 1. The number of benzene rings is 2. The van der Waals surface area contributed by atoms with Crippen molar-refractivity contribution in [3.63, 3.8) is 0 Å². The smallest absolute Gasteiger partial charge is 0.311 e. The minimum atomic E-state index is -0.223. The van der Waals surface area contributed by atoms with Gasteiger partial charge in [-0.1, -0.05) is 44.1 Å². The van der Waals surface area contributed by atoms with Crippen LogP contribution in [0.3, 0.4) is 0 Å². The van der Waals surface area contributed by atoms with E-state index in [9.17, 15) is 9.18 Å². The average Bonchev–Trinajstić information content (AvgIpc) is 3.54. The Labute approximate surface area is 241 Å². The van der Waals surface area contributed by atoms with Gasteiger partial charge >= 0.3 is 5.97 Å². The van der Waals surface area contributed by atoms with Crippen LogP contribution in [0.2, 0.25) is 0 Å². The van der Waals surface area contributed by atoms with E-state index in [2.05, 4.69) is 24.8 Å². The van der Waals surface area contributed by atoms with Gasteiger partial charge in [0, 0.05) is 31.0 Å². The number of hydrogen-bond donors (Lipinski definition) is 0. The lowest BCUT2D eigenvalue weighted by molar-refractivity contribution is -0.145. The molecule has 3 aliphatic heterocycles. The van der Waals surface area contributed by atoms with Crippen molar-refractivity contribution in [2.75, 3.05) is 33.0 Å². The van der Waals surface area contributed by atoms with E-state index in [0.29, 0.717) is 24.8 Å². The summed E-state index contributed by atoms with van der Waals surface area (Å²) in [4.78, 5) is 15.7. The summed E-state index contributed by atoms with van der Waals surface area (Å²) < 4.78 is 37.1. The predicted molar refractivity (Wildman–Crippen MR) is 152 cm³/mol. The van der Waals surface area contributed by atoms with Crippen molar-refractivity contribution in [1.82, 2.24) is 4.90 Å². The van der Waals surface area contributed by atoms with E-state index in [1.807, 2.05) is 30.3 Å². The molecule has 0 N–H and O–H groups in total. The van der Waals surface area contributed by atoms with Gasteiger partial charge in [-0.2, -0.15) is 0 Å². The van der Waals surface area contributed by atoms with Crippen molar-refractivity contribution in [1.29, 1.82) is 0 Å². The van der Waals surface area contributed by atoms with E-state index in [1.165, 1.54) is 19.3 Å². The van der Waals surface area contributed by atoms with Gasteiger partial charge in [-0.15, -0.1) is 0 Å². The van der Waals surface area contributed by atoms with Gasteiger partial charge in [-0.25, -0.2) is 4.39 Å². The highest BCUT2D eigenvalue weighted by atomic mass is 19.1. The number of hydrogen-bond acceptors (Lipinski definition) is 6. The Bertz CT molecular complexity index is 1330. The van der Waals surface area contributed by atoms with Crippen LogP contribution in [-0.2, 0) is 9.53 Å². The molecular formula is C34H40FNO5. The second kappa shape index (κ2) is 10.6. The Kier molecular flexibility index (Phi) is 6.96. The molecule has 7 heteroatoms. The van der Waals surface area contributed by atoms with Crippen molar-refractivity contribution in [2.24, 2.45) is 29.1 Å². The first-order valence-electron chi connectivity index (χ1n) is 15.3. The summed E-state index contributed by atoms with van der Waals surface area (Å²) in [5, 5.41) is 0. The zero-order valence-electron chi connectivity index (χ0n) is 24.0. The standard InChI is InChI=1S/C34H40FNO5/c1-21-4-3-12-34(2)16-32-27(15-29(21)34)28(33(37)41-32)18-36-13-11-26(22-5-7-24(35)8-6-22)23(17-36)19-38-25-9-10-30-31(14-25)40-20-39-30/h5-10,14-15,21,23,26-28,32H,3-4,11-13,16-20H2,1-2H3/t21-,23+,26-,27+,28+,32+,34+/m0/s1. The number of ether oxygens (including phenoxy) is 4. The summed E-state index contributed by atoms with van der Waals surface area (Å²) >= 11 is 0. The van der Waals surface area contributed by atoms with Crippen molar-refractivity contribution in [3.05, 3.63) is 65.5 Å². The summed E-state index contributed by atoms with van der Waals surface area (Å²) in [6.07, 6.45) is 7.99. The lowest BCUT2D eigenvalue weighted by Crippen LogP contribution is -2.46. The molecular weight excluding hydrogens is 521 g/mol. The Morgan fingerprint density at radius 1 is 1.10 bits per heavy atom. The molecule has 41 heavy (non-hydrogen) atoms. The molecule has 2 aliphatic carbocycles. The predicted octanol–water partition coefficient (Wildman–Crippen LogP) is 6.35. The normalized spacial score (nSPS) is 34.4. The Hall–Kier alpha value is -3.06. The number of esters is 1. The van der Waals surface area contributed by atoms with E-state index >= 15 is 0 Å². The lowest BCUT2D eigenvalue weighted by atomic mass is 9.59. The van der Waals surface area contributed by atoms with Crippen LogP contribution < -0.4 is 14.2 Å². The van der Waals surface area contributed by atoms with Crippen molar-refractivity contribution >= 4 is 5.97 Å². The maximum Gasteiger partial charge on any atom is 0.311 e. The molecule has 5 aliphatic rings. The van der Waals surface area contributed by atoms with E-state index in [1.54, 1.807) is 17.7 Å². The summed E-state index contributed by atoms with van der Waals surface area (Å²) in [6, 6.07) is 12.6. The summed E-state index contributed by atoms with van der Waals surface area (Å²) in [5.74, 6) is 2.92. The molecule has 0 radical (unpaired) electrons. The molecule has 2 saturated heterocycles. The molecule has 7 rings (SSSR count). The van der Waals surface area contributed by atoms with Crippen LogP contribution >= 0.6 is 0 Å².